The Morgan fingerprint density at radius 2 is 2.29 bits per heavy atom. The van der Waals surface area contributed by atoms with E-state index in [1.165, 1.54) is 0 Å². The van der Waals surface area contributed by atoms with Gasteiger partial charge in [-0.1, -0.05) is 5.21 Å². The van der Waals surface area contributed by atoms with Crippen LogP contribution in [0.1, 0.15) is 12.1 Å². The van der Waals surface area contributed by atoms with Gasteiger partial charge in [-0.05, 0) is 33.6 Å². The van der Waals surface area contributed by atoms with Gasteiger partial charge in [0.2, 0.25) is 0 Å². The van der Waals surface area contributed by atoms with Crippen LogP contribution in [0.2, 0.25) is 0 Å². The predicted octanol–water partition coefficient (Wildman–Crippen LogP) is -0.269. The Kier molecular flexibility index (Phi) is 4.55. The van der Waals surface area contributed by atoms with Crippen LogP contribution in [0.5, 0.6) is 0 Å². The molecular weight excluding hydrogens is 178 g/mol. The fraction of sp³-hybridized carbons (Fsp3) is 0.778. The number of aryl methyl sites for hydroxylation is 1. The summed E-state index contributed by atoms with van der Waals surface area (Å²) in [5.74, 6) is 0. The van der Waals surface area contributed by atoms with Crippen molar-refractivity contribution >= 4 is 0 Å². The smallest absolute Gasteiger partial charge is 0.0839 e. The lowest BCUT2D eigenvalue weighted by Crippen LogP contribution is -2.15. The van der Waals surface area contributed by atoms with Crippen molar-refractivity contribution in [2.45, 2.75) is 19.4 Å². The molecule has 0 saturated heterocycles. The molecule has 80 valence electrons. The summed E-state index contributed by atoms with van der Waals surface area (Å²) in [4.78, 5) is 2.16. The summed E-state index contributed by atoms with van der Waals surface area (Å²) in [6, 6.07) is 0. The molecule has 0 fully saturated rings. The standard InChI is InChI=1S/C9H19N5/c1-13(2)6-3-7-14-8-9(4-5-10)11-12-14/h8H,3-7,10H2,1-2H3. The van der Waals surface area contributed by atoms with Crippen molar-refractivity contribution in [1.82, 2.24) is 19.9 Å². The molecule has 0 radical (unpaired) electrons. The maximum atomic E-state index is 5.43. The maximum Gasteiger partial charge on any atom is 0.0839 e. The average Bonchev–Trinajstić information content (AvgIpc) is 2.53. The zero-order chi connectivity index (χ0) is 10.4. The Labute approximate surface area is 84.9 Å². The molecule has 1 aromatic rings. The third-order valence-corrected chi connectivity index (χ3v) is 1.98. The van der Waals surface area contributed by atoms with E-state index in [4.69, 9.17) is 5.73 Å². The van der Waals surface area contributed by atoms with E-state index in [2.05, 4.69) is 29.3 Å². The van der Waals surface area contributed by atoms with E-state index in [1.54, 1.807) is 0 Å². The summed E-state index contributed by atoms with van der Waals surface area (Å²) < 4.78 is 1.88. The van der Waals surface area contributed by atoms with Gasteiger partial charge >= 0.3 is 0 Å². The van der Waals surface area contributed by atoms with Gasteiger partial charge in [0.25, 0.3) is 0 Å². The first-order valence-corrected chi connectivity index (χ1v) is 4.96. The minimum absolute atomic E-state index is 0.635. The average molecular weight is 197 g/mol. The fourth-order valence-corrected chi connectivity index (χ4v) is 1.26. The van der Waals surface area contributed by atoms with E-state index in [9.17, 15) is 0 Å². The molecule has 1 rings (SSSR count). The quantitative estimate of drug-likeness (QED) is 0.682. The topological polar surface area (TPSA) is 60.0 Å². The lowest BCUT2D eigenvalue weighted by atomic mass is 10.3. The van der Waals surface area contributed by atoms with Gasteiger partial charge in [0.15, 0.2) is 0 Å². The van der Waals surface area contributed by atoms with Crippen LogP contribution in [0.15, 0.2) is 6.20 Å². The molecule has 1 aromatic heterocycles. The van der Waals surface area contributed by atoms with Crippen LogP contribution in [0.25, 0.3) is 0 Å². The third kappa shape index (κ3) is 3.85. The molecule has 0 unspecified atom stereocenters. The van der Waals surface area contributed by atoms with Crippen molar-refractivity contribution in [3.05, 3.63) is 11.9 Å². The third-order valence-electron chi connectivity index (χ3n) is 1.98. The summed E-state index contributed by atoms with van der Waals surface area (Å²) in [6.07, 6.45) is 3.88. The summed E-state index contributed by atoms with van der Waals surface area (Å²) in [6.45, 7) is 2.64. The molecule has 0 aliphatic heterocycles. The van der Waals surface area contributed by atoms with Crippen molar-refractivity contribution in [1.29, 1.82) is 0 Å². The van der Waals surface area contributed by atoms with Gasteiger partial charge < -0.3 is 10.6 Å². The molecule has 0 aromatic carbocycles. The lowest BCUT2D eigenvalue weighted by molar-refractivity contribution is 0.379. The minimum atomic E-state index is 0.635. The van der Waals surface area contributed by atoms with Crippen molar-refractivity contribution in [3.8, 4) is 0 Å². The zero-order valence-corrected chi connectivity index (χ0v) is 8.98. The minimum Gasteiger partial charge on any atom is -0.330 e. The molecule has 5 heteroatoms. The molecule has 1 heterocycles. The molecule has 0 spiro atoms. The van der Waals surface area contributed by atoms with Crippen molar-refractivity contribution < 1.29 is 0 Å². The Balaban J connectivity index is 2.28. The van der Waals surface area contributed by atoms with Crippen molar-refractivity contribution in [2.24, 2.45) is 5.73 Å². The summed E-state index contributed by atoms with van der Waals surface area (Å²) in [7, 11) is 4.14. The fourth-order valence-electron chi connectivity index (χ4n) is 1.26. The number of aromatic nitrogens is 3. The van der Waals surface area contributed by atoms with Gasteiger partial charge in [0.05, 0.1) is 5.69 Å². The summed E-state index contributed by atoms with van der Waals surface area (Å²) in [5, 5.41) is 8.05. The lowest BCUT2D eigenvalue weighted by Gasteiger charge is -2.08. The second kappa shape index (κ2) is 5.72. The van der Waals surface area contributed by atoms with Gasteiger partial charge in [-0.2, -0.15) is 0 Å². The number of nitrogens with zero attached hydrogens (tertiary/aromatic N) is 4. The summed E-state index contributed by atoms with van der Waals surface area (Å²) >= 11 is 0. The van der Waals surface area contributed by atoms with E-state index in [0.717, 1.165) is 31.6 Å². The number of hydrogen-bond acceptors (Lipinski definition) is 4. The molecule has 5 nitrogen and oxygen atoms in total. The highest BCUT2D eigenvalue weighted by Gasteiger charge is 1.99. The van der Waals surface area contributed by atoms with Crippen LogP contribution in [0, 0.1) is 0 Å². The van der Waals surface area contributed by atoms with Gasteiger partial charge in [-0.15, -0.1) is 5.10 Å². The molecule has 14 heavy (non-hydrogen) atoms. The maximum absolute atomic E-state index is 5.43. The van der Waals surface area contributed by atoms with E-state index < -0.39 is 0 Å². The molecule has 0 aliphatic carbocycles. The van der Waals surface area contributed by atoms with Crippen LogP contribution >= 0.6 is 0 Å². The molecule has 0 atom stereocenters. The molecule has 2 N–H and O–H groups in total. The summed E-state index contributed by atoms with van der Waals surface area (Å²) in [5.41, 5.74) is 6.41. The second-order valence-corrected chi connectivity index (χ2v) is 3.67. The number of nitrogens with two attached hydrogens (primary N) is 1. The Bertz CT molecular complexity index is 255. The Morgan fingerprint density at radius 3 is 2.93 bits per heavy atom. The van der Waals surface area contributed by atoms with E-state index in [-0.39, 0.29) is 0 Å². The molecule has 0 bridgehead atoms. The van der Waals surface area contributed by atoms with Gasteiger partial charge in [0, 0.05) is 19.2 Å². The Morgan fingerprint density at radius 1 is 1.50 bits per heavy atom. The van der Waals surface area contributed by atoms with E-state index >= 15 is 0 Å². The van der Waals surface area contributed by atoms with Crippen molar-refractivity contribution in [3.63, 3.8) is 0 Å². The zero-order valence-electron chi connectivity index (χ0n) is 8.98. The largest absolute Gasteiger partial charge is 0.330 e. The van der Waals surface area contributed by atoms with E-state index in [0.29, 0.717) is 6.54 Å². The van der Waals surface area contributed by atoms with Crippen LogP contribution < -0.4 is 5.73 Å². The predicted molar refractivity (Wildman–Crippen MR) is 56.0 cm³/mol. The highest BCUT2D eigenvalue weighted by atomic mass is 15.4. The molecule has 0 aliphatic rings. The highest BCUT2D eigenvalue weighted by Crippen LogP contribution is 1.95. The second-order valence-electron chi connectivity index (χ2n) is 3.67. The highest BCUT2D eigenvalue weighted by molar-refractivity contribution is 4.92. The van der Waals surface area contributed by atoms with Gasteiger partial charge in [0.1, 0.15) is 0 Å². The first kappa shape index (κ1) is 11.1. The van der Waals surface area contributed by atoms with Crippen LogP contribution in [0.3, 0.4) is 0 Å². The van der Waals surface area contributed by atoms with E-state index in [1.807, 2.05) is 10.9 Å². The van der Waals surface area contributed by atoms with Crippen LogP contribution in [0.4, 0.5) is 0 Å². The molecule has 0 amide bonds. The van der Waals surface area contributed by atoms with Gasteiger partial charge in [-0.25, -0.2) is 0 Å². The normalized spacial score (nSPS) is 11.1. The Hall–Kier alpha value is -0.940. The first-order chi connectivity index (χ1) is 6.72. The molecule has 0 saturated carbocycles. The van der Waals surface area contributed by atoms with Crippen LogP contribution in [-0.4, -0.2) is 47.1 Å². The molecular formula is C9H19N5. The number of hydrogen-bond donors (Lipinski definition) is 1. The first-order valence-electron chi connectivity index (χ1n) is 4.96. The van der Waals surface area contributed by atoms with Crippen molar-refractivity contribution in [2.75, 3.05) is 27.2 Å². The SMILES string of the molecule is CN(C)CCCn1cc(CCN)nn1. The van der Waals surface area contributed by atoms with Gasteiger partial charge in [-0.3, -0.25) is 4.68 Å². The van der Waals surface area contributed by atoms with Crippen LogP contribution in [-0.2, 0) is 13.0 Å². The number of rotatable bonds is 6. The monoisotopic (exact) mass is 197 g/mol.